The summed E-state index contributed by atoms with van der Waals surface area (Å²) in [6.07, 6.45) is -23.8. The van der Waals surface area contributed by atoms with Crippen LogP contribution in [0.4, 0.5) is 48.3 Å². The Morgan fingerprint density at radius 3 is 1.93 bits per heavy atom. The molecule has 18 heteroatoms. The number of aryl methyl sites for hydroxylation is 1. The summed E-state index contributed by atoms with van der Waals surface area (Å²) >= 11 is 0. The number of halogens is 11. The van der Waals surface area contributed by atoms with E-state index in [0.29, 0.717) is 25.5 Å². The van der Waals surface area contributed by atoms with E-state index in [4.69, 9.17) is 4.42 Å². The Morgan fingerprint density at radius 2 is 1.35 bits per heavy atom. The molecular formula is C28H25F11O7. The fourth-order valence-electron chi connectivity index (χ4n) is 4.09. The van der Waals surface area contributed by atoms with Gasteiger partial charge in [-0.2, -0.15) is 30.7 Å². The zero-order valence-electron chi connectivity index (χ0n) is 23.8. The number of hydrogen-bond acceptors (Lipinski definition) is 7. The van der Waals surface area contributed by atoms with Crippen molar-refractivity contribution in [2.75, 3.05) is 20.3 Å². The first-order valence-corrected chi connectivity index (χ1v) is 13.2. The number of unbranched alkanes of at least 4 members (excludes halogenated alkanes) is 2. The maximum Gasteiger partial charge on any atom is 0.496 e. The molecule has 1 heterocycles. The Balaban J connectivity index is 1.77. The highest BCUT2D eigenvalue weighted by Crippen LogP contribution is 2.39. The lowest BCUT2D eigenvalue weighted by atomic mass is 9.95. The van der Waals surface area contributed by atoms with E-state index < -0.39 is 72.3 Å². The topological polar surface area (TPSA) is 76.4 Å². The molecule has 0 saturated carbocycles. The maximum absolute atomic E-state index is 14.0. The second-order valence-corrected chi connectivity index (χ2v) is 9.71. The van der Waals surface area contributed by atoms with Gasteiger partial charge in [0.2, 0.25) is 0 Å². The average Bonchev–Trinajstić information content (AvgIpc) is 2.89. The molecule has 1 aromatic heterocycles. The third-order valence-electron chi connectivity index (χ3n) is 5.95. The van der Waals surface area contributed by atoms with Gasteiger partial charge >= 0.3 is 36.6 Å². The summed E-state index contributed by atoms with van der Waals surface area (Å²) in [6.45, 7) is -1.98. The first kappa shape index (κ1) is 37.0. The normalized spacial score (nSPS) is 13.4. The van der Waals surface area contributed by atoms with Crippen LogP contribution in [-0.2, 0) is 31.5 Å². The van der Waals surface area contributed by atoms with Gasteiger partial charge < -0.3 is 13.9 Å². The molecule has 0 N–H and O–H groups in total. The molecule has 0 bridgehead atoms. The molecule has 0 radical (unpaired) electrons. The van der Waals surface area contributed by atoms with E-state index in [1.54, 1.807) is 0 Å². The van der Waals surface area contributed by atoms with Crippen molar-refractivity contribution in [3.8, 4) is 16.9 Å². The van der Waals surface area contributed by atoms with Gasteiger partial charge in [-0.3, -0.25) is 0 Å². The Kier molecular flexibility index (Phi) is 11.3. The number of methoxy groups -OCH3 is 1. The predicted octanol–water partition coefficient (Wildman–Crippen LogP) is 8.57. The van der Waals surface area contributed by atoms with E-state index in [0.717, 1.165) is 49.2 Å². The molecule has 3 aromatic rings. The second-order valence-electron chi connectivity index (χ2n) is 9.71. The van der Waals surface area contributed by atoms with E-state index in [1.165, 1.54) is 6.07 Å². The van der Waals surface area contributed by atoms with Crippen LogP contribution in [0.3, 0.4) is 0 Å². The van der Waals surface area contributed by atoms with Gasteiger partial charge in [-0.05, 0) is 42.7 Å². The molecule has 0 fully saturated rings. The molecule has 0 aliphatic rings. The Morgan fingerprint density at radius 1 is 0.717 bits per heavy atom. The van der Waals surface area contributed by atoms with Crippen molar-refractivity contribution in [2.24, 2.45) is 0 Å². The van der Waals surface area contributed by atoms with Gasteiger partial charge in [0, 0.05) is 24.1 Å². The van der Waals surface area contributed by atoms with Crippen molar-refractivity contribution in [3.63, 3.8) is 0 Å². The van der Waals surface area contributed by atoms with Gasteiger partial charge in [0.1, 0.15) is 17.9 Å². The minimum atomic E-state index is -5.89. The van der Waals surface area contributed by atoms with E-state index >= 15 is 0 Å². The number of fused-ring (bicyclic) bond motifs is 1. The molecule has 7 nitrogen and oxygen atoms in total. The summed E-state index contributed by atoms with van der Waals surface area (Å²) in [5.74, 6) is -0.573. The molecule has 2 aromatic carbocycles. The van der Waals surface area contributed by atoms with Crippen LogP contribution < -0.4 is 10.4 Å². The number of benzene rings is 2. The van der Waals surface area contributed by atoms with Crippen LogP contribution in [0.5, 0.6) is 5.75 Å². The molecule has 256 valence electrons. The van der Waals surface area contributed by atoms with Crippen LogP contribution >= 0.6 is 0 Å². The molecule has 0 amide bonds. The van der Waals surface area contributed by atoms with E-state index in [9.17, 15) is 53.1 Å². The smallest absolute Gasteiger partial charge is 0.484 e. The van der Waals surface area contributed by atoms with Gasteiger partial charge in [0.15, 0.2) is 6.61 Å². The van der Waals surface area contributed by atoms with Crippen LogP contribution in [0.15, 0.2) is 51.7 Å². The van der Waals surface area contributed by atoms with E-state index in [-0.39, 0.29) is 11.0 Å². The van der Waals surface area contributed by atoms with Crippen LogP contribution in [0.2, 0.25) is 0 Å². The van der Waals surface area contributed by atoms with Crippen molar-refractivity contribution in [1.29, 1.82) is 0 Å². The summed E-state index contributed by atoms with van der Waals surface area (Å²) < 4.78 is 171. The van der Waals surface area contributed by atoms with E-state index in [2.05, 4.69) is 23.7 Å². The Labute approximate surface area is 252 Å². The SMILES string of the molecule is CCCCCc1ccc(-c2cc3ccc(OCC(F)(F)OC(F)(F)OC(F)(F)OC(F)(F)COC)cc3oc2=O)c(C(F)(F)F)c1. The first-order valence-electron chi connectivity index (χ1n) is 13.2. The predicted molar refractivity (Wildman–Crippen MR) is 137 cm³/mol. The number of alkyl halides is 11. The molecule has 0 spiro atoms. The quantitative estimate of drug-likeness (QED) is 0.0649. The third-order valence-corrected chi connectivity index (χ3v) is 5.95. The van der Waals surface area contributed by atoms with Gasteiger partial charge in [0.05, 0.1) is 11.1 Å². The first-order chi connectivity index (χ1) is 21.2. The fourth-order valence-corrected chi connectivity index (χ4v) is 4.09. The molecule has 0 aliphatic heterocycles. The van der Waals surface area contributed by atoms with Gasteiger partial charge in [-0.15, -0.1) is 17.6 Å². The van der Waals surface area contributed by atoms with E-state index in [1.807, 2.05) is 6.92 Å². The summed E-state index contributed by atoms with van der Waals surface area (Å²) in [5, 5.41) is 0.0116. The van der Waals surface area contributed by atoms with Crippen LogP contribution in [0.1, 0.15) is 37.3 Å². The van der Waals surface area contributed by atoms with Crippen molar-refractivity contribution < 1.29 is 76.4 Å². The molecule has 46 heavy (non-hydrogen) atoms. The van der Waals surface area contributed by atoms with Crippen molar-refractivity contribution in [2.45, 2.75) is 63.6 Å². The molecule has 0 atom stereocenters. The minimum absolute atomic E-state index is 0.0116. The van der Waals surface area contributed by atoms with Crippen molar-refractivity contribution >= 4 is 11.0 Å². The van der Waals surface area contributed by atoms with Gasteiger partial charge in [0.25, 0.3) is 0 Å². The fraction of sp³-hybridized carbons (Fsp3) is 0.464. The van der Waals surface area contributed by atoms with Crippen LogP contribution in [0, 0.1) is 0 Å². The number of rotatable bonds is 16. The molecular weight excluding hydrogens is 657 g/mol. The highest BCUT2D eigenvalue weighted by molar-refractivity contribution is 5.83. The lowest BCUT2D eigenvalue weighted by Gasteiger charge is -2.27. The third kappa shape index (κ3) is 10.5. The minimum Gasteiger partial charge on any atom is -0.484 e. The van der Waals surface area contributed by atoms with Gasteiger partial charge in [-0.1, -0.05) is 31.9 Å². The molecule has 3 rings (SSSR count). The lowest BCUT2D eigenvalue weighted by Crippen LogP contribution is -2.46. The summed E-state index contributed by atoms with van der Waals surface area (Å²) in [4.78, 5) is 12.7. The van der Waals surface area contributed by atoms with Crippen LogP contribution in [0.25, 0.3) is 22.1 Å². The largest absolute Gasteiger partial charge is 0.496 e. The highest BCUT2D eigenvalue weighted by Gasteiger charge is 2.56. The molecule has 0 unspecified atom stereocenters. The number of hydrogen-bond donors (Lipinski definition) is 0. The van der Waals surface area contributed by atoms with Crippen molar-refractivity contribution in [1.82, 2.24) is 0 Å². The van der Waals surface area contributed by atoms with Gasteiger partial charge in [-0.25, -0.2) is 19.0 Å². The molecule has 0 saturated heterocycles. The zero-order valence-corrected chi connectivity index (χ0v) is 23.8. The summed E-state index contributed by atoms with van der Waals surface area (Å²) in [6, 6.07) is 7.41. The summed E-state index contributed by atoms with van der Waals surface area (Å²) in [5.41, 5.74) is -3.21. The monoisotopic (exact) mass is 682 g/mol. The van der Waals surface area contributed by atoms with Crippen molar-refractivity contribution in [3.05, 3.63) is 64.0 Å². The maximum atomic E-state index is 14.0. The Hall–Kier alpha value is -3.48. The number of ether oxygens (including phenoxy) is 5. The zero-order chi connectivity index (χ0) is 34.6. The average molecular weight is 682 g/mol. The summed E-state index contributed by atoms with van der Waals surface area (Å²) in [7, 11) is 0.636. The Bertz CT molecular complexity index is 1540. The van der Waals surface area contributed by atoms with Crippen LogP contribution in [-0.4, -0.2) is 45.1 Å². The molecule has 0 aliphatic carbocycles. The second kappa shape index (κ2) is 14.1. The highest BCUT2D eigenvalue weighted by atomic mass is 19.4. The standard InChI is InChI=1S/C28H25F11O7/c1-3-4-5-6-16-7-10-19(21(11-16)26(33,34)35)20-12-17-8-9-18(13-22(17)43-23(20)40)42-15-25(31,32)45-28(38,39)46-27(36,37)44-24(29,30)14-41-2/h7-13H,3-6,14-15H2,1-2H3. The lowest BCUT2D eigenvalue weighted by molar-refractivity contribution is -0.574.